The van der Waals surface area contributed by atoms with Gasteiger partial charge in [-0.3, -0.25) is 4.79 Å². The van der Waals surface area contributed by atoms with Gasteiger partial charge in [-0.25, -0.2) is 0 Å². The van der Waals surface area contributed by atoms with Gasteiger partial charge in [0.1, 0.15) is 0 Å². The average Bonchev–Trinajstić information content (AvgIpc) is 2.52. The fourth-order valence-corrected chi connectivity index (χ4v) is 1.04. The van der Waals surface area contributed by atoms with Crippen molar-refractivity contribution in [1.82, 2.24) is 0 Å². The van der Waals surface area contributed by atoms with Crippen molar-refractivity contribution in [2.45, 2.75) is 26.2 Å². The maximum absolute atomic E-state index is 11.3. The first-order valence-electron chi connectivity index (χ1n) is 4.09. The molecule has 1 heteroatoms. The first kappa shape index (κ1) is 8.25. The van der Waals surface area contributed by atoms with Crippen LogP contribution in [0.15, 0.2) is 23.8 Å². The molecule has 0 unspecified atom stereocenters. The standard InChI is InChI=1S/C10H13O/c1-2-3-8-10(11)9-6-4-5-7-9/h4-7H,2-3,8H2,1H3. The molecule has 59 valence electrons. The normalized spacial score (nSPS) is 15.2. The van der Waals surface area contributed by atoms with Gasteiger partial charge in [0.25, 0.3) is 0 Å². The third kappa shape index (κ3) is 2.34. The van der Waals surface area contributed by atoms with Gasteiger partial charge in [-0.15, -0.1) is 0 Å². The quantitative estimate of drug-likeness (QED) is 0.600. The Morgan fingerprint density at radius 2 is 2.27 bits per heavy atom. The summed E-state index contributed by atoms with van der Waals surface area (Å²) < 4.78 is 0. The molecule has 0 aromatic carbocycles. The molecule has 1 aliphatic rings. The molecule has 0 aliphatic heterocycles. The van der Waals surface area contributed by atoms with Crippen molar-refractivity contribution in [1.29, 1.82) is 0 Å². The number of ketones is 1. The van der Waals surface area contributed by atoms with E-state index in [4.69, 9.17) is 0 Å². The molecule has 0 saturated heterocycles. The van der Waals surface area contributed by atoms with Crippen LogP contribution in [0.4, 0.5) is 0 Å². The van der Waals surface area contributed by atoms with Crippen LogP contribution in [0, 0.1) is 6.42 Å². The van der Waals surface area contributed by atoms with Gasteiger partial charge in [-0.2, -0.15) is 0 Å². The second-order valence-electron chi connectivity index (χ2n) is 2.70. The van der Waals surface area contributed by atoms with Crippen molar-refractivity contribution >= 4 is 5.78 Å². The number of allylic oxidation sites excluding steroid dienone is 4. The maximum atomic E-state index is 11.3. The van der Waals surface area contributed by atoms with Crippen LogP contribution in [0.5, 0.6) is 0 Å². The highest BCUT2D eigenvalue weighted by atomic mass is 16.1. The van der Waals surface area contributed by atoms with E-state index >= 15 is 0 Å². The van der Waals surface area contributed by atoms with E-state index in [9.17, 15) is 4.79 Å². The Balaban J connectivity index is 2.31. The summed E-state index contributed by atoms with van der Waals surface area (Å²) in [7, 11) is 0. The molecule has 1 rings (SSSR count). The highest BCUT2D eigenvalue weighted by Gasteiger charge is 2.08. The van der Waals surface area contributed by atoms with E-state index in [0.717, 1.165) is 18.4 Å². The number of rotatable bonds is 4. The van der Waals surface area contributed by atoms with Crippen LogP contribution < -0.4 is 0 Å². The van der Waals surface area contributed by atoms with Crippen molar-refractivity contribution in [3.8, 4) is 0 Å². The molecule has 0 spiro atoms. The van der Waals surface area contributed by atoms with Crippen LogP contribution in [0.2, 0.25) is 0 Å². The minimum atomic E-state index is 0.275. The molecule has 1 aliphatic carbocycles. The molecule has 11 heavy (non-hydrogen) atoms. The third-order valence-electron chi connectivity index (χ3n) is 1.74. The van der Waals surface area contributed by atoms with Gasteiger partial charge in [0.15, 0.2) is 5.78 Å². The average molecular weight is 149 g/mol. The van der Waals surface area contributed by atoms with Gasteiger partial charge in [-0.05, 0) is 6.42 Å². The van der Waals surface area contributed by atoms with Crippen LogP contribution >= 0.6 is 0 Å². The highest BCUT2D eigenvalue weighted by Crippen LogP contribution is 2.13. The lowest BCUT2D eigenvalue weighted by atomic mass is 10.1. The van der Waals surface area contributed by atoms with Crippen LogP contribution in [0.3, 0.4) is 0 Å². The molecule has 0 heterocycles. The Morgan fingerprint density at radius 3 is 2.82 bits per heavy atom. The van der Waals surface area contributed by atoms with Gasteiger partial charge >= 0.3 is 0 Å². The van der Waals surface area contributed by atoms with Crippen LogP contribution in [-0.2, 0) is 4.79 Å². The summed E-state index contributed by atoms with van der Waals surface area (Å²) in [5, 5.41) is 0. The Kier molecular flexibility index (Phi) is 3.09. The predicted molar refractivity (Wildman–Crippen MR) is 46.1 cm³/mol. The molecule has 0 amide bonds. The van der Waals surface area contributed by atoms with Gasteiger partial charge < -0.3 is 0 Å². The zero-order chi connectivity index (χ0) is 8.10. The van der Waals surface area contributed by atoms with Gasteiger partial charge in [-0.1, -0.05) is 31.6 Å². The minimum absolute atomic E-state index is 0.275. The lowest BCUT2D eigenvalue weighted by molar-refractivity contribution is -0.115. The molecule has 0 aromatic heterocycles. The number of carbonyl (C=O) groups excluding carboxylic acids is 1. The van der Waals surface area contributed by atoms with E-state index in [1.807, 2.05) is 24.6 Å². The van der Waals surface area contributed by atoms with E-state index in [1.54, 1.807) is 0 Å². The van der Waals surface area contributed by atoms with E-state index in [0.29, 0.717) is 6.42 Å². The lowest BCUT2D eigenvalue weighted by Gasteiger charge is -1.97. The second kappa shape index (κ2) is 4.12. The molecule has 1 nitrogen and oxygen atoms in total. The fraction of sp³-hybridized carbons (Fsp3) is 0.400. The third-order valence-corrected chi connectivity index (χ3v) is 1.74. The predicted octanol–water partition coefficient (Wildman–Crippen LogP) is 2.45. The smallest absolute Gasteiger partial charge is 0.159 e. The minimum Gasteiger partial charge on any atom is -0.295 e. The van der Waals surface area contributed by atoms with E-state index in [-0.39, 0.29) is 5.78 Å². The molecule has 0 saturated carbocycles. The van der Waals surface area contributed by atoms with Crippen molar-refractivity contribution < 1.29 is 4.79 Å². The zero-order valence-corrected chi connectivity index (χ0v) is 6.84. The summed E-state index contributed by atoms with van der Waals surface area (Å²) >= 11 is 0. The van der Waals surface area contributed by atoms with E-state index < -0.39 is 0 Å². The van der Waals surface area contributed by atoms with Gasteiger partial charge in [0.2, 0.25) is 0 Å². The monoisotopic (exact) mass is 149 g/mol. The summed E-state index contributed by atoms with van der Waals surface area (Å²) in [4.78, 5) is 11.3. The molecule has 1 radical (unpaired) electrons. The molecule has 0 bridgehead atoms. The fourth-order valence-electron chi connectivity index (χ4n) is 1.04. The van der Waals surface area contributed by atoms with Crippen molar-refractivity contribution in [3.05, 3.63) is 30.2 Å². The molecule has 0 aromatic rings. The van der Waals surface area contributed by atoms with Gasteiger partial charge in [0, 0.05) is 18.4 Å². The Morgan fingerprint density at radius 1 is 1.45 bits per heavy atom. The Labute approximate surface area is 67.8 Å². The summed E-state index contributed by atoms with van der Waals surface area (Å²) in [6, 6.07) is 0. The number of hydrogen-bond donors (Lipinski definition) is 0. The molecule has 0 atom stereocenters. The van der Waals surface area contributed by atoms with Crippen molar-refractivity contribution in [2.75, 3.05) is 0 Å². The number of unbranched alkanes of at least 4 members (excludes halogenated alkanes) is 1. The second-order valence-corrected chi connectivity index (χ2v) is 2.70. The van der Waals surface area contributed by atoms with Gasteiger partial charge in [0.05, 0.1) is 0 Å². The summed E-state index contributed by atoms with van der Waals surface area (Å²) in [5.41, 5.74) is 0.860. The summed E-state index contributed by atoms with van der Waals surface area (Å²) in [6.45, 7) is 2.10. The van der Waals surface area contributed by atoms with E-state index in [1.165, 1.54) is 0 Å². The SMILES string of the molecule is CCCCC(=O)C1=CC=C[CH]1. The molecule has 0 N–H and O–H groups in total. The topological polar surface area (TPSA) is 17.1 Å². The summed E-state index contributed by atoms with van der Waals surface area (Å²) in [6.07, 6.45) is 10.3. The number of Topliss-reactive ketones (excluding diaryl/α,β-unsaturated/α-hetero) is 1. The van der Waals surface area contributed by atoms with Crippen LogP contribution in [0.1, 0.15) is 26.2 Å². The molecular formula is C10H13O. The molecule has 0 fully saturated rings. The summed E-state index contributed by atoms with van der Waals surface area (Å²) in [5.74, 6) is 0.275. The first-order valence-corrected chi connectivity index (χ1v) is 4.09. The Bertz CT molecular complexity index is 199. The molecular weight excluding hydrogens is 136 g/mol. The van der Waals surface area contributed by atoms with Crippen molar-refractivity contribution in [3.63, 3.8) is 0 Å². The van der Waals surface area contributed by atoms with Crippen LogP contribution in [-0.4, -0.2) is 5.78 Å². The number of carbonyl (C=O) groups is 1. The first-order chi connectivity index (χ1) is 5.34. The van der Waals surface area contributed by atoms with Crippen molar-refractivity contribution in [2.24, 2.45) is 0 Å². The van der Waals surface area contributed by atoms with Crippen LogP contribution in [0.25, 0.3) is 0 Å². The highest BCUT2D eigenvalue weighted by molar-refractivity contribution is 5.98. The largest absolute Gasteiger partial charge is 0.295 e. The lowest BCUT2D eigenvalue weighted by Crippen LogP contribution is -2.00. The maximum Gasteiger partial charge on any atom is 0.159 e. The number of hydrogen-bond acceptors (Lipinski definition) is 1. The zero-order valence-electron chi connectivity index (χ0n) is 6.84. The Hall–Kier alpha value is -0.850. The van der Waals surface area contributed by atoms with E-state index in [2.05, 4.69) is 6.92 Å².